The second kappa shape index (κ2) is 11.0. The molecule has 0 aliphatic heterocycles. The van der Waals surface area contributed by atoms with Crippen LogP contribution >= 0.6 is 11.6 Å². The van der Waals surface area contributed by atoms with Crippen molar-refractivity contribution in [3.8, 4) is 11.1 Å². The lowest BCUT2D eigenvalue weighted by molar-refractivity contribution is -0.120. The first-order chi connectivity index (χ1) is 16.9. The number of carboxylic acid groups (broad SMARTS) is 1. The highest BCUT2D eigenvalue weighted by Crippen LogP contribution is 2.44. The number of halogens is 1. The Morgan fingerprint density at radius 1 is 0.943 bits per heavy atom. The molecule has 0 aromatic heterocycles. The third kappa shape index (κ3) is 5.79. The number of fused-ring (bicyclic) bond motifs is 3. The lowest BCUT2D eigenvalue weighted by Crippen LogP contribution is -2.30. The number of rotatable bonds is 9. The Kier molecular flexibility index (Phi) is 7.64. The number of carbonyl (C=O) groups is 3. The molecule has 4 rings (SSSR count). The van der Waals surface area contributed by atoms with E-state index in [0.29, 0.717) is 5.02 Å². The Hall–Kier alpha value is -3.88. The first kappa shape index (κ1) is 24.3. The molecule has 1 aliphatic rings. The second-order valence-electron chi connectivity index (χ2n) is 7.85. The van der Waals surface area contributed by atoms with E-state index < -0.39 is 18.0 Å². The van der Waals surface area contributed by atoms with Gasteiger partial charge in [-0.3, -0.25) is 4.79 Å². The molecule has 0 heterocycles. The van der Waals surface area contributed by atoms with Gasteiger partial charge in [0.25, 0.3) is 0 Å². The number of nitrogens with one attached hydrogen (secondary N) is 2. The first-order valence-corrected chi connectivity index (χ1v) is 11.3. The van der Waals surface area contributed by atoms with Crippen molar-refractivity contribution < 1.29 is 29.0 Å². The van der Waals surface area contributed by atoms with Crippen LogP contribution in [0.15, 0.2) is 66.7 Å². The van der Waals surface area contributed by atoms with Gasteiger partial charge < -0.3 is 25.2 Å². The molecule has 180 valence electrons. The maximum absolute atomic E-state index is 12.2. The molecule has 0 atom stereocenters. The lowest BCUT2D eigenvalue weighted by Gasteiger charge is -2.14. The molecule has 0 unspecified atom stereocenters. The van der Waals surface area contributed by atoms with Crippen LogP contribution in [-0.4, -0.2) is 49.4 Å². The van der Waals surface area contributed by atoms with Gasteiger partial charge in [0.2, 0.25) is 5.91 Å². The van der Waals surface area contributed by atoms with E-state index in [0.717, 1.165) is 22.3 Å². The Bertz CT molecular complexity index is 1220. The van der Waals surface area contributed by atoms with Gasteiger partial charge in [-0.25, -0.2) is 9.59 Å². The van der Waals surface area contributed by atoms with E-state index in [-0.39, 0.29) is 43.5 Å². The van der Waals surface area contributed by atoms with E-state index in [1.54, 1.807) is 0 Å². The van der Waals surface area contributed by atoms with Crippen LogP contribution in [0, 0.1) is 0 Å². The SMILES string of the molecule is O=C(COCCNC(=O)OCC1c2ccccc2-c2ccccc21)Nc1cc(Cl)ccc1C(=O)O. The predicted molar refractivity (Wildman–Crippen MR) is 131 cm³/mol. The molecule has 3 N–H and O–H groups in total. The van der Waals surface area contributed by atoms with E-state index in [2.05, 4.69) is 22.8 Å². The van der Waals surface area contributed by atoms with Crippen LogP contribution in [0.2, 0.25) is 5.02 Å². The molecule has 3 aromatic carbocycles. The number of anilines is 1. The van der Waals surface area contributed by atoms with Gasteiger partial charge >= 0.3 is 12.1 Å². The molecule has 1 aliphatic carbocycles. The van der Waals surface area contributed by atoms with Crippen LogP contribution in [0.3, 0.4) is 0 Å². The smallest absolute Gasteiger partial charge is 0.407 e. The Labute approximate surface area is 206 Å². The summed E-state index contributed by atoms with van der Waals surface area (Å²) < 4.78 is 10.7. The van der Waals surface area contributed by atoms with Crippen LogP contribution in [0.5, 0.6) is 0 Å². The van der Waals surface area contributed by atoms with Crippen molar-refractivity contribution >= 4 is 35.3 Å². The molecule has 0 saturated carbocycles. The fraction of sp³-hybridized carbons (Fsp3) is 0.192. The summed E-state index contributed by atoms with van der Waals surface area (Å²) in [7, 11) is 0. The van der Waals surface area contributed by atoms with Gasteiger partial charge in [-0.2, -0.15) is 0 Å². The number of amides is 2. The molecule has 2 amide bonds. The van der Waals surface area contributed by atoms with Crippen LogP contribution in [0.1, 0.15) is 27.4 Å². The van der Waals surface area contributed by atoms with Gasteiger partial charge in [-0.05, 0) is 40.5 Å². The third-order valence-corrected chi connectivity index (χ3v) is 5.81. The summed E-state index contributed by atoms with van der Waals surface area (Å²) >= 11 is 5.87. The Morgan fingerprint density at radius 2 is 1.60 bits per heavy atom. The van der Waals surface area contributed by atoms with Gasteiger partial charge in [0, 0.05) is 17.5 Å². The third-order valence-electron chi connectivity index (χ3n) is 5.58. The largest absolute Gasteiger partial charge is 0.478 e. The lowest BCUT2D eigenvalue weighted by atomic mass is 9.98. The highest BCUT2D eigenvalue weighted by Gasteiger charge is 2.28. The molecule has 9 heteroatoms. The first-order valence-electron chi connectivity index (χ1n) is 10.9. The van der Waals surface area contributed by atoms with E-state index >= 15 is 0 Å². The number of ether oxygens (including phenoxy) is 2. The van der Waals surface area contributed by atoms with Crippen molar-refractivity contribution in [2.75, 3.05) is 31.7 Å². The monoisotopic (exact) mass is 494 g/mol. The zero-order valence-corrected chi connectivity index (χ0v) is 19.4. The summed E-state index contributed by atoms with van der Waals surface area (Å²) in [6.45, 7) is 0.0903. The van der Waals surface area contributed by atoms with Crippen molar-refractivity contribution in [3.05, 3.63) is 88.4 Å². The molecular formula is C26H23ClN2O6. The van der Waals surface area contributed by atoms with Crippen molar-refractivity contribution in [1.82, 2.24) is 5.32 Å². The van der Waals surface area contributed by atoms with E-state index in [9.17, 15) is 19.5 Å². The number of benzene rings is 3. The molecule has 0 fully saturated rings. The number of aromatic carboxylic acids is 1. The van der Waals surface area contributed by atoms with Crippen LogP contribution in [-0.2, 0) is 14.3 Å². The van der Waals surface area contributed by atoms with Crippen LogP contribution < -0.4 is 10.6 Å². The van der Waals surface area contributed by atoms with Gasteiger partial charge in [-0.15, -0.1) is 0 Å². The number of hydrogen-bond donors (Lipinski definition) is 3. The summed E-state index contributed by atoms with van der Waals surface area (Å²) in [5, 5.41) is 14.5. The fourth-order valence-corrected chi connectivity index (χ4v) is 4.20. The molecule has 8 nitrogen and oxygen atoms in total. The summed E-state index contributed by atoms with van der Waals surface area (Å²) in [5.74, 6) is -1.77. The van der Waals surface area contributed by atoms with E-state index in [1.807, 2.05) is 36.4 Å². The normalized spacial score (nSPS) is 11.9. The number of hydrogen-bond acceptors (Lipinski definition) is 5. The average molecular weight is 495 g/mol. The zero-order valence-electron chi connectivity index (χ0n) is 18.6. The minimum absolute atomic E-state index is 0.0321. The Morgan fingerprint density at radius 3 is 2.26 bits per heavy atom. The van der Waals surface area contributed by atoms with Crippen molar-refractivity contribution in [1.29, 1.82) is 0 Å². The molecule has 0 spiro atoms. The van der Waals surface area contributed by atoms with Crippen LogP contribution in [0.25, 0.3) is 11.1 Å². The van der Waals surface area contributed by atoms with Gasteiger partial charge in [0.15, 0.2) is 0 Å². The fourth-order valence-electron chi connectivity index (χ4n) is 4.03. The zero-order chi connectivity index (χ0) is 24.8. The average Bonchev–Trinajstić information content (AvgIpc) is 3.16. The Balaban J connectivity index is 1.19. The van der Waals surface area contributed by atoms with Crippen molar-refractivity contribution in [2.24, 2.45) is 0 Å². The highest BCUT2D eigenvalue weighted by atomic mass is 35.5. The predicted octanol–water partition coefficient (Wildman–Crippen LogP) is 4.53. The molecule has 3 aromatic rings. The minimum atomic E-state index is -1.19. The molecule has 0 radical (unpaired) electrons. The number of carbonyl (C=O) groups excluding carboxylic acids is 2. The van der Waals surface area contributed by atoms with Gasteiger partial charge in [0.05, 0.1) is 17.9 Å². The maximum Gasteiger partial charge on any atom is 0.407 e. The molecule has 0 saturated heterocycles. The number of carboxylic acids is 1. The summed E-state index contributed by atoms with van der Waals surface area (Å²) in [6.07, 6.45) is -0.579. The molecule has 35 heavy (non-hydrogen) atoms. The minimum Gasteiger partial charge on any atom is -0.478 e. The van der Waals surface area contributed by atoms with Gasteiger partial charge in [-0.1, -0.05) is 60.1 Å². The van der Waals surface area contributed by atoms with Crippen molar-refractivity contribution in [2.45, 2.75) is 5.92 Å². The second-order valence-corrected chi connectivity index (χ2v) is 8.28. The van der Waals surface area contributed by atoms with E-state index in [1.165, 1.54) is 18.2 Å². The van der Waals surface area contributed by atoms with Gasteiger partial charge in [0.1, 0.15) is 13.2 Å². The van der Waals surface area contributed by atoms with E-state index in [4.69, 9.17) is 21.1 Å². The summed E-state index contributed by atoms with van der Waals surface area (Å²) in [6, 6.07) is 20.2. The highest BCUT2D eigenvalue weighted by molar-refractivity contribution is 6.31. The maximum atomic E-state index is 12.2. The van der Waals surface area contributed by atoms with Crippen LogP contribution in [0.4, 0.5) is 10.5 Å². The van der Waals surface area contributed by atoms with Crippen molar-refractivity contribution in [3.63, 3.8) is 0 Å². The summed E-state index contributed by atoms with van der Waals surface area (Å²) in [5.41, 5.74) is 4.55. The standard InChI is InChI=1S/C26H23ClN2O6/c27-16-9-10-21(25(31)32)23(13-16)29-24(30)15-34-12-11-28-26(33)35-14-22-19-7-3-1-5-17(19)18-6-2-4-8-20(18)22/h1-10,13,22H,11-12,14-15H2,(H,28,33)(H,29,30)(H,31,32). The number of alkyl carbamates (subject to hydrolysis) is 1. The summed E-state index contributed by atoms with van der Waals surface area (Å²) in [4.78, 5) is 35.5. The molecular weight excluding hydrogens is 472 g/mol. The quantitative estimate of drug-likeness (QED) is 0.376. The topological polar surface area (TPSA) is 114 Å². The molecule has 0 bridgehead atoms.